The van der Waals surface area contributed by atoms with Crippen LogP contribution in [0.1, 0.15) is 12.0 Å². The summed E-state index contributed by atoms with van der Waals surface area (Å²) in [6, 6.07) is 1.82. The lowest BCUT2D eigenvalue weighted by Gasteiger charge is -2.18. The number of alkyl halides is 3. The van der Waals surface area contributed by atoms with E-state index in [9.17, 15) is 13.2 Å². The maximum Gasteiger partial charge on any atom is 0.401 e. The number of nitrogen functional groups attached to an aromatic ring is 1. The summed E-state index contributed by atoms with van der Waals surface area (Å²) >= 11 is 0. The molecule has 3 N–H and O–H groups in total. The molecule has 1 unspecified atom stereocenters. The van der Waals surface area contributed by atoms with Crippen molar-refractivity contribution >= 4 is 11.5 Å². The summed E-state index contributed by atoms with van der Waals surface area (Å²) in [7, 11) is 0. The van der Waals surface area contributed by atoms with E-state index in [1.165, 1.54) is 4.90 Å². The molecule has 0 bridgehead atoms. The minimum atomic E-state index is -4.11. The van der Waals surface area contributed by atoms with E-state index < -0.39 is 12.7 Å². The van der Waals surface area contributed by atoms with Crippen molar-refractivity contribution in [3.8, 4) is 0 Å². The molecule has 1 aromatic heterocycles. The standard InChI is InChI=1S/C13H19F3N4/c1-9-4-11(17)6-19-12(9)18-5-10-2-3-20(7-10)8-13(14,15)16/h4,6,10H,2-3,5,7-8,17H2,1H3,(H,18,19). The van der Waals surface area contributed by atoms with Crippen molar-refractivity contribution in [2.24, 2.45) is 5.92 Å². The SMILES string of the molecule is Cc1cc(N)cnc1NCC1CCN(CC(F)(F)F)C1. The van der Waals surface area contributed by atoms with Gasteiger partial charge in [-0.25, -0.2) is 4.98 Å². The fourth-order valence-corrected chi connectivity index (χ4v) is 2.50. The van der Waals surface area contributed by atoms with Crippen molar-refractivity contribution in [1.82, 2.24) is 9.88 Å². The van der Waals surface area contributed by atoms with Crippen LogP contribution in [0.15, 0.2) is 12.3 Å². The van der Waals surface area contributed by atoms with Crippen molar-refractivity contribution < 1.29 is 13.2 Å². The minimum absolute atomic E-state index is 0.219. The number of hydrogen-bond donors (Lipinski definition) is 2. The van der Waals surface area contributed by atoms with Crippen LogP contribution >= 0.6 is 0 Å². The zero-order chi connectivity index (χ0) is 14.8. The van der Waals surface area contributed by atoms with E-state index in [-0.39, 0.29) is 5.92 Å². The summed E-state index contributed by atoms with van der Waals surface area (Å²) in [5.41, 5.74) is 7.16. The molecule has 2 heterocycles. The monoisotopic (exact) mass is 288 g/mol. The molecule has 0 radical (unpaired) electrons. The van der Waals surface area contributed by atoms with Gasteiger partial charge >= 0.3 is 6.18 Å². The predicted octanol–water partition coefficient (Wildman–Crippen LogP) is 2.27. The molecule has 1 aliphatic rings. The van der Waals surface area contributed by atoms with Crippen molar-refractivity contribution in [2.45, 2.75) is 19.5 Å². The first kappa shape index (κ1) is 14.9. The second-order valence-electron chi connectivity index (χ2n) is 5.32. The quantitative estimate of drug-likeness (QED) is 0.892. The molecule has 0 amide bonds. The number of pyridine rings is 1. The second-order valence-corrected chi connectivity index (χ2v) is 5.32. The summed E-state index contributed by atoms with van der Waals surface area (Å²) in [5, 5.41) is 3.19. The lowest BCUT2D eigenvalue weighted by molar-refractivity contribution is -0.143. The van der Waals surface area contributed by atoms with Gasteiger partial charge in [-0.05, 0) is 37.4 Å². The Bertz CT molecular complexity index is 461. The zero-order valence-electron chi connectivity index (χ0n) is 11.4. The van der Waals surface area contributed by atoms with Crippen molar-refractivity contribution in [3.05, 3.63) is 17.8 Å². The lowest BCUT2D eigenvalue weighted by atomic mass is 10.1. The van der Waals surface area contributed by atoms with Crippen LogP contribution in [-0.2, 0) is 0 Å². The number of rotatable bonds is 4. The summed E-state index contributed by atoms with van der Waals surface area (Å²) in [6.45, 7) is 2.69. The van der Waals surface area contributed by atoms with Crippen LogP contribution in [0.2, 0.25) is 0 Å². The molecule has 1 fully saturated rings. The van der Waals surface area contributed by atoms with E-state index >= 15 is 0 Å². The number of aryl methyl sites for hydroxylation is 1. The van der Waals surface area contributed by atoms with E-state index in [1.807, 2.05) is 13.0 Å². The van der Waals surface area contributed by atoms with Gasteiger partial charge in [0.15, 0.2) is 0 Å². The normalized spacial score (nSPS) is 20.3. The number of anilines is 2. The molecule has 1 atom stereocenters. The number of nitrogens with two attached hydrogens (primary N) is 1. The molecule has 112 valence electrons. The van der Waals surface area contributed by atoms with Crippen LogP contribution in [0.5, 0.6) is 0 Å². The second kappa shape index (κ2) is 5.87. The Balaban J connectivity index is 1.81. The molecule has 0 spiro atoms. The molecule has 1 aliphatic heterocycles. The van der Waals surface area contributed by atoms with Gasteiger partial charge in [0.05, 0.1) is 18.4 Å². The van der Waals surface area contributed by atoms with E-state index in [1.54, 1.807) is 6.20 Å². The van der Waals surface area contributed by atoms with Gasteiger partial charge in [0.25, 0.3) is 0 Å². The summed E-state index contributed by atoms with van der Waals surface area (Å²) < 4.78 is 36.9. The molecule has 1 saturated heterocycles. The molecule has 0 saturated carbocycles. The first-order valence-corrected chi connectivity index (χ1v) is 6.58. The molecule has 20 heavy (non-hydrogen) atoms. The topological polar surface area (TPSA) is 54.2 Å². The minimum Gasteiger partial charge on any atom is -0.397 e. The van der Waals surface area contributed by atoms with Crippen LogP contribution in [0.25, 0.3) is 0 Å². The highest BCUT2D eigenvalue weighted by molar-refractivity contribution is 5.50. The van der Waals surface area contributed by atoms with Gasteiger partial charge in [0.2, 0.25) is 0 Å². The highest BCUT2D eigenvalue weighted by Crippen LogP contribution is 2.23. The molecule has 1 aromatic rings. The molecule has 0 aromatic carbocycles. The van der Waals surface area contributed by atoms with Gasteiger partial charge in [-0.1, -0.05) is 0 Å². The summed E-state index contributed by atoms with van der Waals surface area (Å²) in [5.74, 6) is 0.963. The highest BCUT2D eigenvalue weighted by atomic mass is 19.4. The van der Waals surface area contributed by atoms with Gasteiger partial charge in [-0.15, -0.1) is 0 Å². The Morgan fingerprint density at radius 2 is 2.25 bits per heavy atom. The average molecular weight is 288 g/mol. The lowest BCUT2D eigenvalue weighted by Crippen LogP contribution is -2.33. The van der Waals surface area contributed by atoms with Gasteiger partial charge in [-0.2, -0.15) is 13.2 Å². The number of aromatic nitrogens is 1. The van der Waals surface area contributed by atoms with Gasteiger partial charge in [0.1, 0.15) is 5.82 Å². The van der Waals surface area contributed by atoms with Crippen molar-refractivity contribution in [3.63, 3.8) is 0 Å². The fourth-order valence-electron chi connectivity index (χ4n) is 2.50. The third kappa shape index (κ3) is 4.26. The van der Waals surface area contributed by atoms with Crippen LogP contribution in [-0.4, -0.2) is 42.2 Å². The molecule has 7 heteroatoms. The number of likely N-dealkylation sites (tertiary alicyclic amines) is 1. The van der Waals surface area contributed by atoms with Crippen LogP contribution in [0.3, 0.4) is 0 Å². The Kier molecular flexibility index (Phi) is 4.37. The Labute approximate surface area is 116 Å². The average Bonchev–Trinajstić information content (AvgIpc) is 2.73. The first-order valence-electron chi connectivity index (χ1n) is 6.58. The van der Waals surface area contributed by atoms with E-state index in [0.29, 0.717) is 25.3 Å². The number of nitrogens with one attached hydrogen (secondary N) is 1. The van der Waals surface area contributed by atoms with Crippen molar-refractivity contribution in [2.75, 3.05) is 37.2 Å². The van der Waals surface area contributed by atoms with E-state index in [2.05, 4.69) is 10.3 Å². The van der Waals surface area contributed by atoms with Gasteiger partial charge in [0, 0.05) is 13.1 Å². The Hall–Kier alpha value is -1.50. The number of hydrogen-bond acceptors (Lipinski definition) is 4. The summed E-state index contributed by atoms with van der Waals surface area (Å²) in [6.07, 6.45) is -1.77. The Morgan fingerprint density at radius 3 is 2.90 bits per heavy atom. The smallest absolute Gasteiger partial charge is 0.397 e. The third-order valence-corrected chi connectivity index (χ3v) is 3.43. The van der Waals surface area contributed by atoms with E-state index in [4.69, 9.17) is 5.73 Å². The van der Waals surface area contributed by atoms with E-state index in [0.717, 1.165) is 17.8 Å². The maximum absolute atomic E-state index is 12.3. The molecular weight excluding hydrogens is 269 g/mol. The maximum atomic E-state index is 12.3. The molecule has 2 rings (SSSR count). The number of halogens is 3. The first-order chi connectivity index (χ1) is 9.33. The third-order valence-electron chi connectivity index (χ3n) is 3.43. The van der Waals surface area contributed by atoms with Crippen LogP contribution < -0.4 is 11.1 Å². The van der Waals surface area contributed by atoms with Crippen molar-refractivity contribution in [1.29, 1.82) is 0 Å². The molecule has 4 nitrogen and oxygen atoms in total. The molecule has 0 aliphatic carbocycles. The predicted molar refractivity (Wildman–Crippen MR) is 72.5 cm³/mol. The van der Waals surface area contributed by atoms with Crippen LogP contribution in [0.4, 0.5) is 24.7 Å². The Morgan fingerprint density at radius 1 is 1.50 bits per heavy atom. The van der Waals surface area contributed by atoms with Gasteiger partial charge < -0.3 is 11.1 Å². The molecular formula is C13H19F3N4. The fraction of sp³-hybridized carbons (Fsp3) is 0.615. The highest BCUT2D eigenvalue weighted by Gasteiger charge is 2.34. The summed E-state index contributed by atoms with van der Waals surface area (Å²) in [4.78, 5) is 5.64. The zero-order valence-corrected chi connectivity index (χ0v) is 11.4. The van der Waals surface area contributed by atoms with Crippen LogP contribution in [0, 0.1) is 12.8 Å². The van der Waals surface area contributed by atoms with Gasteiger partial charge in [-0.3, -0.25) is 4.90 Å². The largest absolute Gasteiger partial charge is 0.401 e. The number of nitrogens with zero attached hydrogens (tertiary/aromatic N) is 2.